The lowest BCUT2D eigenvalue weighted by Crippen LogP contribution is -2.40. The van der Waals surface area contributed by atoms with Crippen molar-refractivity contribution >= 4 is 28.4 Å². The lowest BCUT2D eigenvalue weighted by molar-refractivity contribution is 0.495. The van der Waals surface area contributed by atoms with Crippen LogP contribution in [-0.4, -0.2) is 43.7 Å². The second-order valence-electron chi connectivity index (χ2n) is 9.99. The maximum Gasteiger partial charge on any atom is 0.230 e. The first-order valence-corrected chi connectivity index (χ1v) is 12.7. The predicted octanol–water partition coefficient (Wildman–Crippen LogP) is 4.94. The zero-order valence-corrected chi connectivity index (χ0v) is 20.8. The van der Waals surface area contributed by atoms with Crippen LogP contribution in [0.2, 0.25) is 0 Å². The molecule has 1 saturated heterocycles. The molecule has 0 radical (unpaired) electrons. The number of fused-ring (bicyclic) bond motifs is 2. The lowest BCUT2D eigenvalue weighted by Gasteiger charge is -2.30. The van der Waals surface area contributed by atoms with Gasteiger partial charge in [-0.3, -0.25) is 0 Å². The largest absolute Gasteiger partial charge is 0.355 e. The summed E-state index contributed by atoms with van der Waals surface area (Å²) in [5.74, 6) is 1.76. The molecule has 0 spiro atoms. The van der Waals surface area contributed by atoms with Gasteiger partial charge in [0.25, 0.3) is 0 Å². The molecule has 0 saturated carbocycles. The van der Waals surface area contributed by atoms with Crippen LogP contribution in [0.3, 0.4) is 0 Å². The van der Waals surface area contributed by atoms with Crippen LogP contribution in [0.25, 0.3) is 27.8 Å². The number of hydrogen-bond donors (Lipinski definition) is 3. The van der Waals surface area contributed by atoms with Crippen molar-refractivity contribution in [1.29, 1.82) is 0 Å². The topological polar surface area (TPSA) is 100 Å². The number of hydrogen-bond acceptors (Lipinski definition) is 6. The van der Waals surface area contributed by atoms with Gasteiger partial charge < -0.3 is 20.9 Å². The smallest absolute Gasteiger partial charge is 0.230 e. The Hall–Kier alpha value is -3.91. The van der Waals surface area contributed by atoms with E-state index in [4.69, 9.17) is 15.7 Å². The molecule has 8 heteroatoms. The van der Waals surface area contributed by atoms with Crippen LogP contribution >= 0.6 is 0 Å². The number of aromatic amines is 1. The highest BCUT2D eigenvalue weighted by atomic mass is 15.4. The van der Waals surface area contributed by atoms with Crippen LogP contribution in [0, 0.1) is 0 Å². The second kappa shape index (κ2) is 9.28. The lowest BCUT2D eigenvalue weighted by atomic mass is 10.1. The van der Waals surface area contributed by atoms with Crippen LogP contribution in [0.4, 0.5) is 11.9 Å². The van der Waals surface area contributed by atoms with E-state index in [-0.39, 0.29) is 6.04 Å². The third-order valence-corrected chi connectivity index (χ3v) is 7.05. The van der Waals surface area contributed by atoms with Gasteiger partial charge in [0, 0.05) is 47.8 Å². The van der Waals surface area contributed by atoms with Gasteiger partial charge in [0.05, 0.1) is 6.20 Å². The number of para-hydroxylation sites is 1. The van der Waals surface area contributed by atoms with E-state index < -0.39 is 0 Å². The summed E-state index contributed by atoms with van der Waals surface area (Å²) in [7, 11) is 0. The van der Waals surface area contributed by atoms with Crippen LogP contribution in [0.1, 0.15) is 43.7 Å². The summed E-state index contributed by atoms with van der Waals surface area (Å²) in [6, 6.07) is 19.4. The van der Waals surface area contributed by atoms with E-state index in [9.17, 15) is 0 Å². The van der Waals surface area contributed by atoms with Crippen molar-refractivity contribution in [3.05, 3.63) is 71.9 Å². The molecule has 184 valence electrons. The Morgan fingerprint density at radius 2 is 1.89 bits per heavy atom. The third-order valence-electron chi connectivity index (χ3n) is 7.05. The molecule has 8 nitrogen and oxygen atoms in total. The van der Waals surface area contributed by atoms with E-state index in [2.05, 4.69) is 88.7 Å². The second-order valence-corrected chi connectivity index (χ2v) is 9.99. The molecule has 4 N–H and O–H groups in total. The molecule has 0 bridgehead atoms. The number of nitrogens with one attached hydrogen (secondary N) is 2. The van der Waals surface area contributed by atoms with Gasteiger partial charge in [0.2, 0.25) is 11.9 Å². The van der Waals surface area contributed by atoms with E-state index in [0.29, 0.717) is 18.4 Å². The first-order valence-electron chi connectivity index (χ1n) is 12.7. The van der Waals surface area contributed by atoms with Crippen LogP contribution in [0.15, 0.2) is 60.8 Å². The van der Waals surface area contributed by atoms with Gasteiger partial charge in [0.1, 0.15) is 0 Å². The number of piperidine rings is 1. The van der Waals surface area contributed by atoms with Crippen molar-refractivity contribution in [2.45, 2.75) is 45.2 Å². The van der Waals surface area contributed by atoms with Crippen LogP contribution in [0.5, 0.6) is 0 Å². The van der Waals surface area contributed by atoms with Crippen molar-refractivity contribution in [3.8, 4) is 11.3 Å². The highest BCUT2D eigenvalue weighted by Gasteiger charge is 2.22. The predicted molar refractivity (Wildman–Crippen MR) is 145 cm³/mol. The Balaban J connectivity index is 1.30. The fourth-order valence-electron chi connectivity index (χ4n) is 4.90. The molecule has 0 aliphatic carbocycles. The standard InChI is InChI=1S/C28H32N8/c1-18(2)23-17-31-36-26(23)33-28(35-12-10-22(29)11-13-35)34-27(36)30-16-19-6-5-8-20(14-19)25-15-21-7-3-4-9-24(21)32-25/h3-9,14-15,17-18,22,32H,10-13,16,29H2,1-2H3,(H,30,33,34). The van der Waals surface area contributed by atoms with Gasteiger partial charge in [-0.2, -0.15) is 19.6 Å². The molecule has 4 heterocycles. The molecule has 6 rings (SSSR count). The highest BCUT2D eigenvalue weighted by Crippen LogP contribution is 2.27. The number of benzene rings is 2. The summed E-state index contributed by atoms with van der Waals surface area (Å²) >= 11 is 0. The molecule has 36 heavy (non-hydrogen) atoms. The van der Waals surface area contributed by atoms with Crippen molar-refractivity contribution < 1.29 is 0 Å². The third kappa shape index (κ3) is 4.28. The molecule has 0 unspecified atom stereocenters. The Labute approximate surface area is 210 Å². The molecule has 5 aromatic rings. The zero-order valence-electron chi connectivity index (χ0n) is 20.8. The first kappa shape index (κ1) is 22.5. The zero-order chi connectivity index (χ0) is 24.6. The normalized spacial score (nSPS) is 14.8. The molecule has 3 aromatic heterocycles. The fourth-order valence-corrected chi connectivity index (χ4v) is 4.90. The van der Waals surface area contributed by atoms with E-state index in [0.717, 1.165) is 59.9 Å². The fraction of sp³-hybridized carbons (Fsp3) is 0.321. The van der Waals surface area contributed by atoms with Crippen molar-refractivity contribution in [2.24, 2.45) is 5.73 Å². The summed E-state index contributed by atoms with van der Waals surface area (Å²) in [6.45, 7) is 6.70. The molecule has 1 aliphatic heterocycles. The average Bonchev–Trinajstić information content (AvgIpc) is 3.52. The molecule has 1 aliphatic rings. The summed E-state index contributed by atoms with van der Waals surface area (Å²) < 4.78 is 1.83. The van der Waals surface area contributed by atoms with E-state index in [1.54, 1.807) is 0 Å². The van der Waals surface area contributed by atoms with Crippen LogP contribution < -0.4 is 16.0 Å². The molecule has 0 amide bonds. The van der Waals surface area contributed by atoms with Crippen molar-refractivity contribution in [2.75, 3.05) is 23.3 Å². The highest BCUT2D eigenvalue weighted by molar-refractivity contribution is 5.85. The molecule has 2 aromatic carbocycles. The summed E-state index contributed by atoms with van der Waals surface area (Å²) in [5.41, 5.74) is 12.7. The average molecular weight is 481 g/mol. The van der Waals surface area contributed by atoms with Gasteiger partial charge >= 0.3 is 0 Å². The van der Waals surface area contributed by atoms with E-state index in [1.165, 1.54) is 10.9 Å². The number of nitrogens with two attached hydrogens (primary N) is 1. The summed E-state index contributed by atoms with van der Waals surface area (Å²) in [5, 5.41) is 9.38. The number of H-pyrrole nitrogens is 1. The Morgan fingerprint density at radius 1 is 1.06 bits per heavy atom. The quantitative estimate of drug-likeness (QED) is 0.318. The van der Waals surface area contributed by atoms with Gasteiger partial charge in [-0.15, -0.1) is 0 Å². The maximum atomic E-state index is 6.13. The van der Waals surface area contributed by atoms with Crippen molar-refractivity contribution in [3.63, 3.8) is 0 Å². The number of nitrogens with zero attached hydrogens (tertiary/aromatic N) is 5. The number of anilines is 2. The minimum absolute atomic E-state index is 0.258. The van der Waals surface area contributed by atoms with Crippen molar-refractivity contribution in [1.82, 2.24) is 24.6 Å². The Morgan fingerprint density at radius 3 is 2.69 bits per heavy atom. The van der Waals surface area contributed by atoms with Gasteiger partial charge in [-0.25, -0.2) is 0 Å². The summed E-state index contributed by atoms with van der Waals surface area (Å²) in [6.07, 6.45) is 3.81. The number of rotatable bonds is 6. The Bertz CT molecular complexity index is 1470. The maximum absolute atomic E-state index is 6.13. The van der Waals surface area contributed by atoms with E-state index in [1.807, 2.05) is 10.7 Å². The van der Waals surface area contributed by atoms with E-state index >= 15 is 0 Å². The molecular weight excluding hydrogens is 448 g/mol. The minimum atomic E-state index is 0.258. The molecule has 1 fully saturated rings. The monoisotopic (exact) mass is 480 g/mol. The van der Waals surface area contributed by atoms with Gasteiger partial charge in [-0.1, -0.05) is 50.2 Å². The first-order chi connectivity index (χ1) is 17.5. The molecular formula is C28H32N8. The minimum Gasteiger partial charge on any atom is -0.355 e. The number of aromatic nitrogens is 5. The van der Waals surface area contributed by atoms with Gasteiger partial charge in [-0.05, 0) is 48.1 Å². The van der Waals surface area contributed by atoms with Gasteiger partial charge in [0.15, 0.2) is 5.65 Å². The van der Waals surface area contributed by atoms with Crippen LogP contribution in [-0.2, 0) is 6.54 Å². The Kier molecular flexibility index (Phi) is 5.81. The summed E-state index contributed by atoms with van der Waals surface area (Å²) in [4.78, 5) is 15.6. The molecule has 0 atom stereocenters. The SMILES string of the molecule is CC(C)c1cnn2c(NCc3cccc(-c4cc5ccccc5[nH]4)c3)nc(N3CCC(N)CC3)nc12.